The summed E-state index contributed by atoms with van der Waals surface area (Å²) in [7, 11) is 0. The number of imidazole rings is 1. The predicted molar refractivity (Wildman–Crippen MR) is 48.5 cm³/mol. The summed E-state index contributed by atoms with van der Waals surface area (Å²) >= 11 is 5.01. The molecule has 0 bridgehead atoms. The molecule has 58 valence electrons. The number of H-pyrrole nitrogens is 1. The minimum absolute atomic E-state index is 0.669. The molecule has 3 nitrogen and oxygen atoms in total. The SMILES string of the molecule is C=CCNC(=S)c1cnc[nH]1. The molecule has 0 amide bonds. The van der Waals surface area contributed by atoms with Crippen molar-refractivity contribution in [1.29, 1.82) is 0 Å². The Balaban J connectivity index is 2.49. The summed E-state index contributed by atoms with van der Waals surface area (Å²) < 4.78 is 0. The summed E-state index contributed by atoms with van der Waals surface area (Å²) in [4.78, 5) is 7.41. The molecule has 2 N–H and O–H groups in total. The van der Waals surface area contributed by atoms with E-state index in [-0.39, 0.29) is 0 Å². The van der Waals surface area contributed by atoms with Gasteiger partial charge in [-0.15, -0.1) is 6.58 Å². The van der Waals surface area contributed by atoms with Crippen molar-refractivity contribution in [3.05, 3.63) is 30.9 Å². The third-order valence-corrected chi connectivity index (χ3v) is 1.51. The molecule has 1 aromatic heterocycles. The van der Waals surface area contributed by atoms with Gasteiger partial charge in [0, 0.05) is 6.54 Å². The van der Waals surface area contributed by atoms with Crippen LogP contribution in [0.3, 0.4) is 0 Å². The lowest BCUT2D eigenvalue weighted by Crippen LogP contribution is -2.22. The maximum atomic E-state index is 5.01. The van der Waals surface area contributed by atoms with E-state index in [1.54, 1.807) is 18.6 Å². The fourth-order valence-corrected chi connectivity index (χ4v) is 0.835. The number of hydrogen-bond acceptors (Lipinski definition) is 2. The van der Waals surface area contributed by atoms with Gasteiger partial charge in [-0.3, -0.25) is 0 Å². The summed E-state index contributed by atoms with van der Waals surface area (Å²) in [6.45, 7) is 4.24. The second-order valence-electron chi connectivity index (χ2n) is 1.96. The lowest BCUT2D eigenvalue weighted by atomic mass is 10.4. The predicted octanol–water partition coefficient (Wildman–Crippen LogP) is 0.861. The third-order valence-electron chi connectivity index (χ3n) is 1.15. The van der Waals surface area contributed by atoms with Crippen molar-refractivity contribution in [1.82, 2.24) is 15.3 Å². The molecule has 0 saturated heterocycles. The van der Waals surface area contributed by atoms with E-state index >= 15 is 0 Å². The normalized spacial score (nSPS) is 9.09. The van der Waals surface area contributed by atoms with Crippen LogP contribution in [0.4, 0.5) is 0 Å². The molecule has 11 heavy (non-hydrogen) atoms. The largest absolute Gasteiger partial charge is 0.371 e. The molecule has 1 heterocycles. The Labute approximate surface area is 70.5 Å². The van der Waals surface area contributed by atoms with E-state index in [1.165, 1.54) is 0 Å². The highest BCUT2D eigenvalue weighted by Crippen LogP contribution is 1.91. The van der Waals surface area contributed by atoms with Gasteiger partial charge in [0.15, 0.2) is 0 Å². The topological polar surface area (TPSA) is 40.7 Å². The first-order chi connectivity index (χ1) is 5.34. The van der Waals surface area contributed by atoms with Gasteiger partial charge in [0.05, 0.1) is 18.2 Å². The lowest BCUT2D eigenvalue weighted by Gasteiger charge is -2.00. The Morgan fingerprint density at radius 1 is 1.91 bits per heavy atom. The number of nitrogens with zero attached hydrogens (tertiary/aromatic N) is 1. The van der Waals surface area contributed by atoms with E-state index in [0.29, 0.717) is 11.5 Å². The summed E-state index contributed by atoms with van der Waals surface area (Å²) in [5, 5.41) is 2.98. The van der Waals surface area contributed by atoms with Gasteiger partial charge in [0.25, 0.3) is 0 Å². The summed E-state index contributed by atoms with van der Waals surface area (Å²) in [5.74, 6) is 0. The minimum Gasteiger partial charge on any atom is -0.371 e. The van der Waals surface area contributed by atoms with Crippen LogP contribution >= 0.6 is 12.2 Å². The Morgan fingerprint density at radius 2 is 2.73 bits per heavy atom. The van der Waals surface area contributed by atoms with Gasteiger partial charge in [0.2, 0.25) is 0 Å². The fraction of sp³-hybridized carbons (Fsp3) is 0.143. The molecule has 0 unspecified atom stereocenters. The zero-order chi connectivity index (χ0) is 8.10. The molecular weight excluding hydrogens is 158 g/mol. The first kappa shape index (κ1) is 7.94. The summed E-state index contributed by atoms with van der Waals surface area (Å²) in [6, 6.07) is 0. The maximum absolute atomic E-state index is 5.01. The molecule has 4 heteroatoms. The van der Waals surface area contributed by atoms with Gasteiger partial charge in [-0.25, -0.2) is 4.98 Å². The van der Waals surface area contributed by atoms with Crippen LogP contribution in [-0.2, 0) is 0 Å². The van der Waals surface area contributed by atoms with Gasteiger partial charge < -0.3 is 10.3 Å². The molecular formula is C7H9N3S. The molecule has 1 aromatic rings. The quantitative estimate of drug-likeness (QED) is 0.518. The van der Waals surface area contributed by atoms with Crippen LogP contribution in [0.2, 0.25) is 0 Å². The monoisotopic (exact) mass is 167 g/mol. The second kappa shape index (κ2) is 3.88. The lowest BCUT2D eigenvalue weighted by molar-refractivity contribution is 1.06. The van der Waals surface area contributed by atoms with E-state index in [9.17, 15) is 0 Å². The van der Waals surface area contributed by atoms with Gasteiger partial charge in [-0.05, 0) is 0 Å². The van der Waals surface area contributed by atoms with E-state index in [0.717, 1.165) is 5.69 Å². The van der Waals surface area contributed by atoms with E-state index in [2.05, 4.69) is 21.9 Å². The van der Waals surface area contributed by atoms with Crippen molar-refractivity contribution in [2.75, 3.05) is 6.54 Å². The second-order valence-corrected chi connectivity index (χ2v) is 2.37. The molecule has 0 aliphatic heterocycles. The van der Waals surface area contributed by atoms with Crippen LogP contribution in [0.25, 0.3) is 0 Å². The number of aromatic nitrogens is 2. The van der Waals surface area contributed by atoms with Crippen LogP contribution < -0.4 is 5.32 Å². The average molecular weight is 167 g/mol. The van der Waals surface area contributed by atoms with Crippen LogP contribution in [-0.4, -0.2) is 21.5 Å². The first-order valence-electron chi connectivity index (χ1n) is 3.22. The zero-order valence-electron chi connectivity index (χ0n) is 6.00. The minimum atomic E-state index is 0.669. The van der Waals surface area contributed by atoms with E-state index < -0.39 is 0 Å². The number of rotatable bonds is 3. The fourth-order valence-electron chi connectivity index (χ4n) is 0.640. The molecule has 0 radical (unpaired) electrons. The molecule has 0 aliphatic rings. The van der Waals surface area contributed by atoms with Crippen LogP contribution in [0.1, 0.15) is 5.69 Å². The summed E-state index contributed by atoms with van der Waals surface area (Å²) in [6.07, 6.45) is 5.03. The van der Waals surface area contributed by atoms with Crippen molar-refractivity contribution in [3.63, 3.8) is 0 Å². The van der Waals surface area contributed by atoms with E-state index in [1.807, 2.05) is 0 Å². The van der Waals surface area contributed by atoms with Crippen LogP contribution in [0.5, 0.6) is 0 Å². The Kier molecular flexibility index (Phi) is 2.80. The van der Waals surface area contributed by atoms with Gasteiger partial charge in [-0.1, -0.05) is 18.3 Å². The Morgan fingerprint density at radius 3 is 3.27 bits per heavy atom. The molecule has 0 spiro atoms. The van der Waals surface area contributed by atoms with Gasteiger partial charge in [0.1, 0.15) is 4.99 Å². The Hall–Kier alpha value is -1.16. The highest BCUT2D eigenvalue weighted by molar-refractivity contribution is 7.80. The number of aromatic amines is 1. The summed E-state index contributed by atoms with van der Waals surface area (Å²) in [5.41, 5.74) is 0.835. The van der Waals surface area contributed by atoms with Gasteiger partial charge >= 0.3 is 0 Å². The van der Waals surface area contributed by atoms with Crippen molar-refractivity contribution in [2.45, 2.75) is 0 Å². The number of hydrogen-bond donors (Lipinski definition) is 2. The number of thiocarbonyl (C=S) groups is 1. The molecule has 0 fully saturated rings. The maximum Gasteiger partial charge on any atom is 0.124 e. The molecule has 1 rings (SSSR count). The molecule has 0 saturated carbocycles. The average Bonchev–Trinajstić information content (AvgIpc) is 2.52. The molecule has 0 atom stereocenters. The van der Waals surface area contributed by atoms with Crippen molar-refractivity contribution >= 4 is 17.2 Å². The highest BCUT2D eigenvalue weighted by atomic mass is 32.1. The van der Waals surface area contributed by atoms with Crippen molar-refractivity contribution in [3.8, 4) is 0 Å². The van der Waals surface area contributed by atoms with Crippen molar-refractivity contribution in [2.24, 2.45) is 0 Å². The van der Waals surface area contributed by atoms with Crippen LogP contribution in [0.15, 0.2) is 25.2 Å². The highest BCUT2D eigenvalue weighted by Gasteiger charge is 1.98. The van der Waals surface area contributed by atoms with Gasteiger partial charge in [-0.2, -0.15) is 0 Å². The van der Waals surface area contributed by atoms with Crippen LogP contribution in [0, 0.1) is 0 Å². The third kappa shape index (κ3) is 2.16. The standard InChI is InChI=1S/C7H9N3S/c1-2-3-9-7(11)6-4-8-5-10-6/h2,4-5H,1,3H2,(H,8,10)(H,9,11). The first-order valence-corrected chi connectivity index (χ1v) is 3.63. The zero-order valence-corrected chi connectivity index (χ0v) is 6.82. The smallest absolute Gasteiger partial charge is 0.124 e. The Bertz CT molecular complexity index is 240. The molecule has 0 aromatic carbocycles. The molecule has 0 aliphatic carbocycles. The number of nitrogens with one attached hydrogen (secondary N) is 2. The van der Waals surface area contributed by atoms with Crippen molar-refractivity contribution < 1.29 is 0 Å². The van der Waals surface area contributed by atoms with E-state index in [4.69, 9.17) is 12.2 Å².